The van der Waals surface area contributed by atoms with Crippen molar-refractivity contribution in [2.75, 3.05) is 19.4 Å². The highest BCUT2D eigenvalue weighted by Gasteiger charge is 2.24. The van der Waals surface area contributed by atoms with Crippen molar-refractivity contribution in [2.24, 2.45) is 0 Å². The zero-order chi connectivity index (χ0) is 13.0. The molecular weight excluding hydrogens is 249 g/mol. The first-order valence-electron chi connectivity index (χ1n) is 6.44. The molecule has 1 unspecified atom stereocenters. The van der Waals surface area contributed by atoms with E-state index in [4.69, 9.17) is 4.74 Å². The number of thioether (sulfide) groups is 1. The van der Waals surface area contributed by atoms with Crippen LogP contribution < -0.4 is 10.1 Å². The molecule has 1 aliphatic rings. The van der Waals surface area contributed by atoms with Gasteiger partial charge in [-0.25, -0.2) is 4.39 Å². The lowest BCUT2D eigenvalue weighted by atomic mass is 9.97. The Labute approximate surface area is 112 Å². The number of rotatable bonds is 4. The first-order chi connectivity index (χ1) is 8.77. The van der Waals surface area contributed by atoms with Gasteiger partial charge in [0.05, 0.1) is 7.11 Å². The van der Waals surface area contributed by atoms with Crippen LogP contribution in [0.1, 0.15) is 36.9 Å². The van der Waals surface area contributed by atoms with Crippen LogP contribution in [0.15, 0.2) is 12.1 Å². The molecule has 1 aromatic carbocycles. The molecule has 0 amide bonds. The maximum Gasteiger partial charge on any atom is 0.128 e. The molecular formula is C14H20FNOS. The van der Waals surface area contributed by atoms with E-state index in [-0.39, 0.29) is 11.9 Å². The van der Waals surface area contributed by atoms with Crippen LogP contribution in [0.2, 0.25) is 0 Å². The predicted molar refractivity (Wildman–Crippen MR) is 74.8 cm³/mol. The zero-order valence-electron chi connectivity index (χ0n) is 11.0. The van der Waals surface area contributed by atoms with Gasteiger partial charge in [0.2, 0.25) is 0 Å². The summed E-state index contributed by atoms with van der Waals surface area (Å²) >= 11 is 1.85. The number of benzene rings is 1. The lowest BCUT2D eigenvalue weighted by Crippen LogP contribution is -2.24. The van der Waals surface area contributed by atoms with Gasteiger partial charge in [0.1, 0.15) is 11.6 Å². The molecule has 100 valence electrons. The largest absolute Gasteiger partial charge is 0.496 e. The van der Waals surface area contributed by atoms with Gasteiger partial charge >= 0.3 is 0 Å². The Morgan fingerprint density at radius 3 is 3.06 bits per heavy atom. The molecule has 4 heteroatoms. The summed E-state index contributed by atoms with van der Waals surface area (Å²) in [4.78, 5) is 0. The van der Waals surface area contributed by atoms with Crippen molar-refractivity contribution in [1.82, 2.24) is 5.32 Å². The van der Waals surface area contributed by atoms with E-state index < -0.39 is 0 Å². The van der Waals surface area contributed by atoms with E-state index in [9.17, 15) is 4.39 Å². The van der Waals surface area contributed by atoms with Crippen molar-refractivity contribution in [3.8, 4) is 5.75 Å². The predicted octanol–water partition coefficient (Wildman–Crippen LogP) is 3.51. The van der Waals surface area contributed by atoms with E-state index in [2.05, 4.69) is 12.2 Å². The zero-order valence-corrected chi connectivity index (χ0v) is 11.8. The minimum absolute atomic E-state index is 0.109. The van der Waals surface area contributed by atoms with Crippen molar-refractivity contribution in [3.05, 3.63) is 29.1 Å². The van der Waals surface area contributed by atoms with Crippen LogP contribution in [0.4, 0.5) is 4.39 Å². The third kappa shape index (κ3) is 2.81. The molecule has 1 N–H and O–H groups in total. The quantitative estimate of drug-likeness (QED) is 0.903. The molecule has 0 aromatic heterocycles. The summed E-state index contributed by atoms with van der Waals surface area (Å²) in [5.41, 5.74) is 1.83. The van der Waals surface area contributed by atoms with Gasteiger partial charge in [-0.2, -0.15) is 11.8 Å². The summed E-state index contributed by atoms with van der Waals surface area (Å²) < 4.78 is 19.5. The topological polar surface area (TPSA) is 21.3 Å². The summed E-state index contributed by atoms with van der Waals surface area (Å²) in [7, 11) is 1.65. The fraction of sp³-hybridized carbons (Fsp3) is 0.571. The third-order valence-corrected chi connectivity index (χ3v) is 4.28. The van der Waals surface area contributed by atoms with Crippen LogP contribution in [-0.2, 0) is 5.75 Å². The van der Waals surface area contributed by atoms with Gasteiger partial charge in [-0.15, -0.1) is 0 Å². The molecule has 18 heavy (non-hydrogen) atoms. The van der Waals surface area contributed by atoms with E-state index in [1.54, 1.807) is 13.2 Å². The third-order valence-electron chi connectivity index (χ3n) is 3.27. The van der Waals surface area contributed by atoms with Gasteiger partial charge in [-0.05, 0) is 37.3 Å². The summed E-state index contributed by atoms with van der Waals surface area (Å²) in [5.74, 6) is 2.59. The number of hydrogen-bond acceptors (Lipinski definition) is 3. The molecule has 0 aliphatic carbocycles. The monoisotopic (exact) mass is 269 g/mol. The molecule has 2 rings (SSSR count). The van der Waals surface area contributed by atoms with Crippen molar-refractivity contribution in [1.29, 1.82) is 0 Å². The molecule has 1 heterocycles. The first-order valence-corrected chi connectivity index (χ1v) is 7.59. The Morgan fingerprint density at radius 2 is 2.33 bits per heavy atom. The molecule has 2 nitrogen and oxygen atoms in total. The molecule has 0 saturated heterocycles. The second-order valence-corrected chi connectivity index (χ2v) is 5.60. The second-order valence-electron chi connectivity index (χ2n) is 4.49. The number of fused-ring (bicyclic) bond motifs is 1. The molecule has 0 saturated carbocycles. The highest BCUT2D eigenvalue weighted by atomic mass is 32.2. The van der Waals surface area contributed by atoms with E-state index in [1.807, 2.05) is 11.8 Å². The second kappa shape index (κ2) is 6.43. The fourth-order valence-electron chi connectivity index (χ4n) is 2.38. The minimum atomic E-state index is -0.109. The summed E-state index contributed by atoms with van der Waals surface area (Å²) in [6.07, 6.45) is 2.03. The van der Waals surface area contributed by atoms with Crippen molar-refractivity contribution in [2.45, 2.75) is 31.6 Å². The van der Waals surface area contributed by atoms with Crippen molar-refractivity contribution < 1.29 is 9.13 Å². The van der Waals surface area contributed by atoms with Crippen molar-refractivity contribution >= 4 is 11.8 Å². The lowest BCUT2D eigenvalue weighted by molar-refractivity contribution is 0.405. The van der Waals surface area contributed by atoms with Gasteiger partial charge in [0.25, 0.3) is 0 Å². The maximum absolute atomic E-state index is 14.1. The van der Waals surface area contributed by atoms with Crippen molar-refractivity contribution in [3.63, 3.8) is 0 Å². The number of nitrogens with one attached hydrogen (secondary N) is 1. The number of hydrogen-bond donors (Lipinski definition) is 1. The number of methoxy groups -OCH3 is 1. The van der Waals surface area contributed by atoms with E-state index >= 15 is 0 Å². The van der Waals surface area contributed by atoms with Gasteiger partial charge in [-0.1, -0.05) is 6.92 Å². The van der Waals surface area contributed by atoms with Crippen LogP contribution in [0.5, 0.6) is 5.75 Å². The van der Waals surface area contributed by atoms with Gasteiger partial charge in [0.15, 0.2) is 0 Å². The highest BCUT2D eigenvalue weighted by molar-refractivity contribution is 7.98. The lowest BCUT2D eigenvalue weighted by Gasteiger charge is -2.20. The SMILES string of the molecule is CCCNC1CCSCc2c(OC)ccc(F)c21. The van der Waals surface area contributed by atoms with Gasteiger partial charge < -0.3 is 10.1 Å². The minimum Gasteiger partial charge on any atom is -0.496 e. The van der Waals surface area contributed by atoms with Crippen LogP contribution in [0.25, 0.3) is 0 Å². The van der Waals surface area contributed by atoms with Crippen LogP contribution in [0, 0.1) is 5.82 Å². The number of halogens is 1. The molecule has 0 fully saturated rings. The van der Waals surface area contributed by atoms with Crippen LogP contribution >= 0.6 is 11.8 Å². The highest BCUT2D eigenvalue weighted by Crippen LogP contribution is 2.37. The van der Waals surface area contributed by atoms with E-state index in [0.717, 1.165) is 47.8 Å². The Morgan fingerprint density at radius 1 is 1.50 bits per heavy atom. The Hall–Kier alpha value is -0.740. The summed E-state index contributed by atoms with van der Waals surface area (Å²) in [6.45, 7) is 3.05. The van der Waals surface area contributed by atoms with Gasteiger partial charge in [-0.3, -0.25) is 0 Å². The number of ether oxygens (including phenoxy) is 1. The standard InChI is InChI=1S/C14H20FNOS/c1-3-7-16-12-6-8-18-9-10-13(17-2)5-4-11(15)14(10)12/h4-5,12,16H,3,6-9H2,1-2H3. The molecule has 1 aliphatic heterocycles. The van der Waals surface area contributed by atoms with E-state index in [0.29, 0.717) is 0 Å². The molecule has 1 atom stereocenters. The molecule has 1 aromatic rings. The van der Waals surface area contributed by atoms with Crippen LogP contribution in [-0.4, -0.2) is 19.4 Å². The maximum atomic E-state index is 14.1. The Bertz CT molecular complexity index is 411. The summed E-state index contributed by atoms with van der Waals surface area (Å²) in [6, 6.07) is 3.37. The normalized spacial score (nSPS) is 19.2. The van der Waals surface area contributed by atoms with Gasteiger partial charge in [0, 0.05) is 22.9 Å². The average Bonchev–Trinajstić information content (AvgIpc) is 2.60. The smallest absolute Gasteiger partial charge is 0.128 e. The fourth-order valence-corrected chi connectivity index (χ4v) is 3.42. The molecule has 0 radical (unpaired) electrons. The Balaban J connectivity index is 2.39. The van der Waals surface area contributed by atoms with Crippen LogP contribution in [0.3, 0.4) is 0 Å². The molecule has 0 bridgehead atoms. The Kier molecular flexibility index (Phi) is 4.89. The van der Waals surface area contributed by atoms with E-state index in [1.165, 1.54) is 6.07 Å². The first kappa shape index (κ1) is 13.7. The summed E-state index contributed by atoms with van der Waals surface area (Å²) in [5, 5.41) is 3.45. The molecule has 0 spiro atoms. The average molecular weight is 269 g/mol.